The molecule has 3 unspecified atom stereocenters. The van der Waals surface area contributed by atoms with E-state index < -0.39 is 0 Å². The zero-order valence-electron chi connectivity index (χ0n) is 8.71. The third-order valence-electron chi connectivity index (χ3n) is 4.25. The lowest BCUT2D eigenvalue weighted by Gasteiger charge is -2.42. The molecule has 0 radical (unpaired) electrons. The van der Waals surface area contributed by atoms with Gasteiger partial charge in [0.2, 0.25) is 0 Å². The Labute approximate surface area is 81.5 Å². The van der Waals surface area contributed by atoms with E-state index in [1.54, 1.807) is 0 Å². The minimum Gasteiger partial charge on any atom is -0.393 e. The predicted octanol–water partition coefficient (Wildman–Crippen LogP) is 2.97. The van der Waals surface area contributed by atoms with Crippen molar-refractivity contribution >= 4 is 0 Å². The molecular weight excluding hydrogens is 160 g/mol. The Balaban J connectivity index is 2.02. The molecular formula is C12H22O. The molecule has 76 valence electrons. The van der Waals surface area contributed by atoms with E-state index in [-0.39, 0.29) is 6.10 Å². The van der Waals surface area contributed by atoms with Crippen LogP contribution in [0.2, 0.25) is 0 Å². The van der Waals surface area contributed by atoms with Crippen LogP contribution in [0, 0.1) is 17.8 Å². The zero-order valence-corrected chi connectivity index (χ0v) is 8.71. The average Bonchev–Trinajstić information content (AvgIpc) is 2.17. The van der Waals surface area contributed by atoms with E-state index in [1.807, 2.05) is 6.92 Å². The van der Waals surface area contributed by atoms with Crippen LogP contribution >= 0.6 is 0 Å². The topological polar surface area (TPSA) is 20.2 Å². The van der Waals surface area contributed by atoms with Gasteiger partial charge >= 0.3 is 0 Å². The molecule has 1 heteroatoms. The van der Waals surface area contributed by atoms with Crippen LogP contribution in [0.1, 0.15) is 51.9 Å². The van der Waals surface area contributed by atoms with Crippen LogP contribution in [-0.2, 0) is 0 Å². The van der Waals surface area contributed by atoms with Crippen LogP contribution in [0.3, 0.4) is 0 Å². The largest absolute Gasteiger partial charge is 0.393 e. The highest BCUT2D eigenvalue weighted by Gasteiger charge is 2.36. The van der Waals surface area contributed by atoms with Gasteiger partial charge in [0.25, 0.3) is 0 Å². The number of aliphatic hydroxyl groups is 1. The third kappa shape index (κ3) is 1.90. The maximum atomic E-state index is 9.72. The van der Waals surface area contributed by atoms with Gasteiger partial charge in [-0.2, -0.15) is 0 Å². The van der Waals surface area contributed by atoms with Crippen LogP contribution in [0.15, 0.2) is 0 Å². The standard InChI is InChI=1S/C12H22O/c1-9(13)11-8-4-6-10-5-2-3-7-12(10)11/h9-13H,2-8H2,1H3/t9-,10?,11?,12?/m0/s1. The van der Waals surface area contributed by atoms with Gasteiger partial charge in [0.1, 0.15) is 0 Å². The first kappa shape index (κ1) is 9.51. The molecule has 4 atom stereocenters. The second kappa shape index (κ2) is 4.00. The third-order valence-corrected chi connectivity index (χ3v) is 4.25. The first-order chi connectivity index (χ1) is 6.29. The van der Waals surface area contributed by atoms with Crippen LogP contribution in [-0.4, -0.2) is 11.2 Å². The quantitative estimate of drug-likeness (QED) is 0.661. The van der Waals surface area contributed by atoms with E-state index in [0.717, 1.165) is 11.8 Å². The maximum Gasteiger partial charge on any atom is 0.0543 e. The molecule has 0 aliphatic heterocycles. The highest BCUT2D eigenvalue weighted by molar-refractivity contribution is 4.87. The summed E-state index contributed by atoms with van der Waals surface area (Å²) in [7, 11) is 0. The Hall–Kier alpha value is -0.0400. The fourth-order valence-corrected chi connectivity index (χ4v) is 3.59. The van der Waals surface area contributed by atoms with Crippen LogP contribution in [0.4, 0.5) is 0 Å². The molecule has 0 aromatic carbocycles. The minimum absolute atomic E-state index is 0.0640. The SMILES string of the molecule is C[C@H](O)C1CCCC2CCCCC21. The van der Waals surface area contributed by atoms with Crippen molar-refractivity contribution in [2.24, 2.45) is 17.8 Å². The van der Waals surface area contributed by atoms with Crippen LogP contribution in [0.5, 0.6) is 0 Å². The predicted molar refractivity (Wildman–Crippen MR) is 54.5 cm³/mol. The number of fused-ring (bicyclic) bond motifs is 1. The fraction of sp³-hybridized carbons (Fsp3) is 1.00. The van der Waals surface area contributed by atoms with Gasteiger partial charge in [0.05, 0.1) is 6.10 Å². The molecule has 0 aromatic heterocycles. The van der Waals surface area contributed by atoms with Crippen molar-refractivity contribution < 1.29 is 5.11 Å². The first-order valence-electron chi connectivity index (χ1n) is 5.97. The fourth-order valence-electron chi connectivity index (χ4n) is 3.59. The van der Waals surface area contributed by atoms with Crippen molar-refractivity contribution in [3.8, 4) is 0 Å². The smallest absolute Gasteiger partial charge is 0.0543 e. The summed E-state index contributed by atoms with van der Waals surface area (Å²) in [6.07, 6.45) is 9.68. The summed E-state index contributed by atoms with van der Waals surface area (Å²) >= 11 is 0. The van der Waals surface area contributed by atoms with Crippen molar-refractivity contribution in [1.29, 1.82) is 0 Å². The summed E-state index contributed by atoms with van der Waals surface area (Å²) in [4.78, 5) is 0. The first-order valence-corrected chi connectivity index (χ1v) is 5.97. The van der Waals surface area contributed by atoms with Crippen molar-refractivity contribution in [2.75, 3.05) is 0 Å². The molecule has 1 nitrogen and oxygen atoms in total. The Kier molecular flexibility index (Phi) is 2.92. The molecule has 0 spiro atoms. The summed E-state index contributed by atoms with van der Waals surface area (Å²) < 4.78 is 0. The van der Waals surface area contributed by atoms with Crippen molar-refractivity contribution in [3.05, 3.63) is 0 Å². The van der Waals surface area contributed by atoms with Gasteiger partial charge in [-0.1, -0.05) is 32.1 Å². The van der Waals surface area contributed by atoms with Gasteiger partial charge in [0, 0.05) is 0 Å². The van der Waals surface area contributed by atoms with E-state index in [0.29, 0.717) is 5.92 Å². The summed E-state index contributed by atoms with van der Waals surface area (Å²) in [6, 6.07) is 0. The number of rotatable bonds is 1. The van der Waals surface area contributed by atoms with Gasteiger partial charge in [0.15, 0.2) is 0 Å². The number of hydrogen-bond donors (Lipinski definition) is 1. The number of aliphatic hydroxyl groups excluding tert-OH is 1. The molecule has 0 heterocycles. The highest BCUT2D eigenvalue weighted by Crippen LogP contribution is 2.44. The van der Waals surface area contributed by atoms with Crippen LogP contribution < -0.4 is 0 Å². The average molecular weight is 182 g/mol. The lowest BCUT2D eigenvalue weighted by molar-refractivity contribution is 0.0130. The Bertz CT molecular complexity index is 163. The van der Waals surface area contributed by atoms with Crippen molar-refractivity contribution in [1.82, 2.24) is 0 Å². The molecule has 0 aromatic rings. The molecule has 0 bridgehead atoms. The Morgan fingerprint density at radius 2 is 1.69 bits per heavy atom. The summed E-state index contributed by atoms with van der Waals surface area (Å²) in [5.41, 5.74) is 0. The van der Waals surface area contributed by atoms with E-state index in [9.17, 15) is 5.11 Å². The normalized spacial score (nSPS) is 42.5. The van der Waals surface area contributed by atoms with Crippen LogP contribution in [0.25, 0.3) is 0 Å². The molecule has 13 heavy (non-hydrogen) atoms. The molecule has 1 N–H and O–H groups in total. The Morgan fingerprint density at radius 1 is 1.00 bits per heavy atom. The molecule has 2 rings (SSSR count). The van der Waals surface area contributed by atoms with Gasteiger partial charge in [-0.05, 0) is 37.5 Å². The second-order valence-corrected chi connectivity index (χ2v) is 5.04. The molecule has 2 aliphatic carbocycles. The lowest BCUT2D eigenvalue weighted by atomic mass is 9.64. The molecule has 2 fully saturated rings. The summed E-state index contributed by atoms with van der Waals surface area (Å²) in [5, 5.41) is 9.72. The summed E-state index contributed by atoms with van der Waals surface area (Å²) in [5.74, 6) is 2.45. The van der Waals surface area contributed by atoms with Crippen molar-refractivity contribution in [3.63, 3.8) is 0 Å². The van der Waals surface area contributed by atoms with E-state index in [2.05, 4.69) is 0 Å². The molecule has 2 saturated carbocycles. The van der Waals surface area contributed by atoms with E-state index >= 15 is 0 Å². The number of hydrogen-bond acceptors (Lipinski definition) is 1. The minimum atomic E-state index is -0.0640. The molecule has 0 saturated heterocycles. The van der Waals surface area contributed by atoms with Gasteiger partial charge in [-0.3, -0.25) is 0 Å². The maximum absolute atomic E-state index is 9.72. The second-order valence-electron chi connectivity index (χ2n) is 5.04. The van der Waals surface area contributed by atoms with Gasteiger partial charge in [-0.15, -0.1) is 0 Å². The Morgan fingerprint density at radius 3 is 2.46 bits per heavy atom. The highest BCUT2D eigenvalue weighted by atomic mass is 16.3. The van der Waals surface area contributed by atoms with E-state index in [4.69, 9.17) is 0 Å². The molecule has 0 amide bonds. The monoisotopic (exact) mass is 182 g/mol. The lowest BCUT2D eigenvalue weighted by Crippen LogP contribution is -2.36. The van der Waals surface area contributed by atoms with Gasteiger partial charge in [-0.25, -0.2) is 0 Å². The van der Waals surface area contributed by atoms with Crippen molar-refractivity contribution in [2.45, 2.75) is 58.0 Å². The van der Waals surface area contributed by atoms with E-state index in [1.165, 1.54) is 44.9 Å². The molecule has 2 aliphatic rings. The van der Waals surface area contributed by atoms with Gasteiger partial charge < -0.3 is 5.11 Å². The zero-order chi connectivity index (χ0) is 9.26. The summed E-state index contributed by atoms with van der Waals surface area (Å²) in [6.45, 7) is 1.99.